The SMILES string of the molecule is CCCCCCOCCCCc1ccc(-c2ncccc2[Si]CCCC(C)CCCC(C)CCCCC)nn1. The van der Waals surface area contributed by atoms with Gasteiger partial charge in [-0.25, -0.2) is 0 Å². The zero-order valence-corrected chi connectivity index (χ0v) is 26.7. The normalized spacial score (nSPS) is 13.0. The second kappa shape index (κ2) is 22.1. The van der Waals surface area contributed by atoms with Crippen molar-refractivity contribution in [1.82, 2.24) is 15.2 Å². The number of nitrogens with zero attached hydrogens (tertiary/aromatic N) is 3. The third-order valence-corrected chi connectivity index (χ3v) is 9.16. The van der Waals surface area contributed by atoms with Gasteiger partial charge in [-0.15, -0.1) is 5.10 Å². The lowest BCUT2D eigenvalue weighted by molar-refractivity contribution is 0.126. The van der Waals surface area contributed by atoms with E-state index in [1.165, 1.54) is 94.7 Å². The minimum absolute atomic E-state index is 0.779. The summed E-state index contributed by atoms with van der Waals surface area (Å²) in [5.74, 6) is 1.73. The first kappa shape index (κ1) is 33.6. The maximum Gasteiger partial charge on any atom is 0.111 e. The molecule has 2 rings (SSSR count). The Labute approximate surface area is 243 Å². The molecule has 2 radical (unpaired) electrons. The van der Waals surface area contributed by atoms with E-state index in [0.717, 1.165) is 70.9 Å². The van der Waals surface area contributed by atoms with Crippen molar-refractivity contribution in [2.24, 2.45) is 11.8 Å². The van der Waals surface area contributed by atoms with Gasteiger partial charge < -0.3 is 4.74 Å². The summed E-state index contributed by atoms with van der Waals surface area (Å²) >= 11 is 0. The van der Waals surface area contributed by atoms with Crippen LogP contribution in [0.4, 0.5) is 0 Å². The molecular weight excluding hydrogens is 494 g/mol. The van der Waals surface area contributed by atoms with Crippen molar-refractivity contribution in [1.29, 1.82) is 0 Å². The van der Waals surface area contributed by atoms with Crippen molar-refractivity contribution in [3.8, 4) is 11.4 Å². The summed E-state index contributed by atoms with van der Waals surface area (Å²) in [5.41, 5.74) is 2.97. The molecule has 0 bridgehead atoms. The summed E-state index contributed by atoms with van der Waals surface area (Å²) in [6, 6.07) is 9.75. The average Bonchev–Trinajstić information content (AvgIpc) is 2.95. The van der Waals surface area contributed by atoms with Gasteiger partial charge in [-0.1, -0.05) is 117 Å². The molecule has 0 aromatic carbocycles. The zero-order chi connectivity index (χ0) is 28.0. The zero-order valence-electron chi connectivity index (χ0n) is 25.7. The lowest BCUT2D eigenvalue weighted by Gasteiger charge is -2.14. The number of rotatable bonds is 24. The predicted molar refractivity (Wildman–Crippen MR) is 169 cm³/mol. The highest BCUT2D eigenvalue weighted by molar-refractivity contribution is 6.55. The molecule has 0 saturated heterocycles. The lowest BCUT2D eigenvalue weighted by Crippen LogP contribution is -2.18. The number of pyridine rings is 1. The quantitative estimate of drug-likeness (QED) is 0.0964. The van der Waals surface area contributed by atoms with Gasteiger partial charge in [-0.05, 0) is 60.9 Å². The Morgan fingerprint density at radius 2 is 1.41 bits per heavy atom. The Morgan fingerprint density at radius 3 is 2.13 bits per heavy atom. The molecule has 2 unspecified atom stereocenters. The van der Waals surface area contributed by atoms with Crippen LogP contribution in [0.3, 0.4) is 0 Å². The fraction of sp³-hybridized carbons (Fsp3) is 0.735. The summed E-state index contributed by atoms with van der Waals surface area (Å²) in [7, 11) is 0.779. The van der Waals surface area contributed by atoms with Crippen LogP contribution in [0.1, 0.15) is 130 Å². The van der Waals surface area contributed by atoms with E-state index in [4.69, 9.17) is 4.74 Å². The smallest absolute Gasteiger partial charge is 0.111 e. The number of hydrogen-bond donors (Lipinski definition) is 0. The van der Waals surface area contributed by atoms with Gasteiger partial charge in [0.2, 0.25) is 0 Å². The Kier molecular flexibility index (Phi) is 19.1. The van der Waals surface area contributed by atoms with Gasteiger partial charge >= 0.3 is 0 Å². The Bertz CT molecular complexity index is 845. The Hall–Kier alpha value is -1.59. The summed E-state index contributed by atoms with van der Waals surface area (Å²) in [5, 5.41) is 10.4. The van der Waals surface area contributed by atoms with Crippen LogP contribution in [-0.4, -0.2) is 37.9 Å². The van der Waals surface area contributed by atoms with Crippen molar-refractivity contribution in [2.45, 2.75) is 136 Å². The van der Waals surface area contributed by atoms with Crippen LogP contribution in [0.2, 0.25) is 6.04 Å². The van der Waals surface area contributed by atoms with Gasteiger partial charge in [0.1, 0.15) is 5.69 Å². The molecule has 0 aliphatic carbocycles. The van der Waals surface area contributed by atoms with Crippen molar-refractivity contribution >= 4 is 14.7 Å². The van der Waals surface area contributed by atoms with Crippen molar-refractivity contribution in [3.63, 3.8) is 0 Å². The second-order valence-corrected chi connectivity index (χ2v) is 13.0. The molecule has 4 nitrogen and oxygen atoms in total. The third-order valence-electron chi connectivity index (χ3n) is 7.77. The molecule has 0 saturated carbocycles. The van der Waals surface area contributed by atoms with Crippen molar-refractivity contribution < 1.29 is 4.74 Å². The predicted octanol–water partition coefficient (Wildman–Crippen LogP) is 9.01. The standard InChI is InChI=1S/C34H57N3OSi/c1-5-7-9-12-26-38-27-13-11-21-31-23-24-32(37-36-31)34-33(22-15-25-35-34)39-28-16-20-30(4)19-14-18-29(3)17-10-8-6-2/h15,22-25,29-30H,5-14,16-21,26-28H2,1-4H3. The van der Waals surface area contributed by atoms with Crippen LogP contribution in [0, 0.1) is 11.8 Å². The molecule has 0 N–H and O–H groups in total. The molecule has 2 aromatic rings. The topological polar surface area (TPSA) is 47.9 Å². The van der Waals surface area contributed by atoms with Crippen molar-refractivity contribution in [3.05, 3.63) is 36.2 Å². The number of aromatic nitrogens is 3. The highest BCUT2D eigenvalue weighted by atomic mass is 28.2. The molecule has 39 heavy (non-hydrogen) atoms. The maximum absolute atomic E-state index is 5.76. The number of unbranched alkanes of at least 4 members (excludes halogenated alkanes) is 6. The van der Waals surface area contributed by atoms with Crippen LogP contribution in [0.25, 0.3) is 11.4 Å². The highest BCUT2D eigenvalue weighted by Crippen LogP contribution is 2.21. The minimum Gasteiger partial charge on any atom is -0.381 e. The molecule has 2 atom stereocenters. The van der Waals surface area contributed by atoms with Gasteiger partial charge in [0.15, 0.2) is 0 Å². The summed E-state index contributed by atoms with van der Waals surface area (Å²) in [6.45, 7) is 11.2. The van der Waals surface area contributed by atoms with Gasteiger partial charge in [-0.3, -0.25) is 4.98 Å². The van der Waals surface area contributed by atoms with E-state index in [0.29, 0.717) is 0 Å². The molecule has 2 heterocycles. The molecule has 2 aromatic heterocycles. The van der Waals surface area contributed by atoms with E-state index in [-0.39, 0.29) is 0 Å². The maximum atomic E-state index is 5.76. The monoisotopic (exact) mass is 551 g/mol. The first-order chi connectivity index (χ1) is 19.1. The van der Waals surface area contributed by atoms with Gasteiger partial charge in [0.25, 0.3) is 0 Å². The fourth-order valence-electron chi connectivity index (χ4n) is 5.13. The van der Waals surface area contributed by atoms with E-state index < -0.39 is 0 Å². The first-order valence-corrected chi connectivity index (χ1v) is 17.4. The van der Waals surface area contributed by atoms with Crippen molar-refractivity contribution in [2.75, 3.05) is 13.2 Å². The average molecular weight is 552 g/mol. The van der Waals surface area contributed by atoms with Crippen LogP contribution in [0.5, 0.6) is 0 Å². The van der Waals surface area contributed by atoms with E-state index in [9.17, 15) is 0 Å². The largest absolute Gasteiger partial charge is 0.381 e. The lowest BCUT2D eigenvalue weighted by atomic mass is 9.93. The second-order valence-electron chi connectivity index (χ2n) is 11.6. The van der Waals surface area contributed by atoms with Gasteiger partial charge in [0.05, 0.1) is 20.9 Å². The Balaban J connectivity index is 1.65. The van der Waals surface area contributed by atoms with Gasteiger partial charge in [0, 0.05) is 19.4 Å². The fourth-order valence-corrected chi connectivity index (χ4v) is 6.36. The molecular formula is C34H57N3OSi. The van der Waals surface area contributed by atoms with E-state index >= 15 is 0 Å². The molecule has 218 valence electrons. The van der Waals surface area contributed by atoms with Crippen LogP contribution in [0.15, 0.2) is 30.5 Å². The van der Waals surface area contributed by atoms with Crippen LogP contribution < -0.4 is 5.19 Å². The molecule has 5 heteroatoms. The summed E-state index contributed by atoms with van der Waals surface area (Å²) < 4.78 is 5.76. The van der Waals surface area contributed by atoms with E-state index in [2.05, 4.69) is 67.1 Å². The molecule has 0 aliphatic rings. The Morgan fingerprint density at radius 1 is 0.718 bits per heavy atom. The third kappa shape index (κ3) is 15.7. The van der Waals surface area contributed by atoms with Crippen LogP contribution >= 0.6 is 0 Å². The molecule has 0 amide bonds. The van der Waals surface area contributed by atoms with E-state index in [1.54, 1.807) is 0 Å². The first-order valence-electron chi connectivity index (χ1n) is 16.2. The van der Waals surface area contributed by atoms with E-state index in [1.807, 2.05) is 6.20 Å². The van der Waals surface area contributed by atoms with Crippen LogP contribution in [-0.2, 0) is 11.2 Å². The number of ether oxygens (including phenoxy) is 1. The molecule has 0 spiro atoms. The minimum atomic E-state index is 0.779. The number of aryl methyl sites for hydroxylation is 1. The number of hydrogen-bond acceptors (Lipinski definition) is 4. The van der Waals surface area contributed by atoms with Gasteiger partial charge in [-0.2, -0.15) is 5.10 Å². The molecule has 0 fully saturated rings. The summed E-state index contributed by atoms with van der Waals surface area (Å²) in [6.07, 6.45) is 22.5. The molecule has 0 aliphatic heterocycles. The highest BCUT2D eigenvalue weighted by Gasteiger charge is 2.11. The summed E-state index contributed by atoms with van der Waals surface area (Å²) in [4.78, 5) is 4.69.